The Bertz CT molecular complexity index is 1070. The number of benzene rings is 2. The highest BCUT2D eigenvalue weighted by molar-refractivity contribution is 9.10. The van der Waals surface area contributed by atoms with Crippen molar-refractivity contribution in [3.8, 4) is 11.5 Å². The van der Waals surface area contributed by atoms with Gasteiger partial charge in [0.2, 0.25) is 0 Å². The minimum absolute atomic E-state index is 0.178. The molecule has 2 aromatic carbocycles. The number of hydrogen-bond acceptors (Lipinski definition) is 3. The molecular weight excluding hydrogens is 342 g/mol. The van der Waals surface area contributed by atoms with Gasteiger partial charge in [-0.25, -0.2) is 9.97 Å². The fourth-order valence-electron chi connectivity index (χ4n) is 2.47. The van der Waals surface area contributed by atoms with Crippen LogP contribution in [0.4, 0.5) is 0 Å². The lowest BCUT2D eigenvalue weighted by atomic mass is 10.2. The Balaban J connectivity index is 1.98. The van der Waals surface area contributed by atoms with Gasteiger partial charge in [0.1, 0.15) is 5.69 Å². The van der Waals surface area contributed by atoms with Gasteiger partial charge in [0.05, 0.1) is 16.4 Å². The predicted molar refractivity (Wildman–Crippen MR) is 90.8 cm³/mol. The smallest absolute Gasteiger partial charge is 0.260 e. The molecule has 4 nitrogen and oxygen atoms in total. The maximum Gasteiger partial charge on any atom is 0.260 e. The predicted octanol–water partition coefficient (Wildman–Crippen LogP) is 3.90. The van der Waals surface area contributed by atoms with E-state index in [2.05, 4.69) is 30.9 Å². The summed E-state index contributed by atoms with van der Waals surface area (Å²) in [6.45, 7) is 0. The van der Waals surface area contributed by atoms with Crippen LogP contribution in [-0.2, 0) is 0 Å². The van der Waals surface area contributed by atoms with Gasteiger partial charge in [0.15, 0.2) is 5.82 Å². The fourth-order valence-corrected chi connectivity index (χ4v) is 3.00. The molecule has 0 saturated heterocycles. The number of nitrogens with one attached hydrogen (secondary N) is 1. The van der Waals surface area contributed by atoms with Gasteiger partial charge in [-0.05, 0) is 40.2 Å². The first kappa shape index (κ1) is 13.2. The third-order valence-corrected chi connectivity index (χ3v) is 4.18. The molecule has 2 heterocycles. The summed E-state index contributed by atoms with van der Waals surface area (Å²) in [4.78, 5) is 24.2. The Morgan fingerprint density at radius 2 is 1.68 bits per heavy atom. The molecule has 0 spiro atoms. The molecule has 0 atom stereocenters. The minimum Gasteiger partial charge on any atom is -0.305 e. The molecule has 0 unspecified atom stereocenters. The summed E-state index contributed by atoms with van der Waals surface area (Å²) in [5.41, 5.74) is 1.99. The Hall–Kier alpha value is -2.53. The van der Waals surface area contributed by atoms with Crippen molar-refractivity contribution in [3.63, 3.8) is 0 Å². The van der Waals surface area contributed by atoms with E-state index < -0.39 is 0 Å². The van der Waals surface area contributed by atoms with Crippen LogP contribution in [0.1, 0.15) is 0 Å². The van der Waals surface area contributed by atoms with Crippen LogP contribution in [0.2, 0.25) is 0 Å². The Kier molecular flexibility index (Phi) is 3.01. The van der Waals surface area contributed by atoms with Crippen molar-refractivity contribution in [2.45, 2.75) is 0 Å². The zero-order chi connectivity index (χ0) is 15.1. The molecule has 0 aliphatic rings. The zero-order valence-corrected chi connectivity index (χ0v) is 13.0. The summed E-state index contributed by atoms with van der Waals surface area (Å²) >= 11 is 3.39. The normalized spacial score (nSPS) is 11.1. The van der Waals surface area contributed by atoms with Crippen LogP contribution in [-0.4, -0.2) is 15.0 Å². The number of hydrogen-bond donors (Lipinski definition) is 1. The highest BCUT2D eigenvalue weighted by Gasteiger charge is 2.09. The maximum atomic E-state index is 12.3. The fraction of sp³-hybridized carbons (Fsp3) is 0. The van der Waals surface area contributed by atoms with Crippen LogP contribution in [0.15, 0.2) is 63.9 Å². The van der Waals surface area contributed by atoms with Crippen molar-refractivity contribution in [1.82, 2.24) is 15.0 Å². The average molecular weight is 352 g/mol. The van der Waals surface area contributed by atoms with Gasteiger partial charge in [-0.2, -0.15) is 0 Å². The Morgan fingerprint density at radius 1 is 0.864 bits per heavy atom. The Morgan fingerprint density at radius 3 is 2.59 bits per heavy atom. The molecule has 106 valence electrons. The maximum absolute atomic E-state index is 12.3. The van der Waals surface area contributed by atoms with E-state index in [0.717, 1.165) is 15.4 Å². The lowest BCUT2D eigenvalue weighted by molar-refractivity contribution is 1.15. The number of H-pyrrole nitrogens is 1. The first-order valence-corrected chi connectivity index (χ1v) is 7.56. The molecule has 5 heteroatoms. The van der Waals surface area contributed by atoms with Crippen molar-refractivity contribution in [2.24, 2.45) is 0 Å². The summed E-state index contributed by atoms with van der Waals surface area (Å²) in [7, 11) is 0. The Labute approximate surface area is 134 Å². The van der Waals surface area contributed by atoms with E-state index >= 15 is 0 Å². The van der Waals surface area contributed by atoms with E-state index in [1.807, 2.05) is 54.6 Å². The summed E-state index contributed by atoms with van der Waals surface area (Å²) in [5, 5.41) is 1.60. The van der Waals surface area contributed by atoms with E-state index in [0.29, 0.717) is 22.4 Å². The molecule has 22 heavy (non-hydrogen) atoms. The molecule has 4 aromatic rings. The highest BCUT2D eigenvalue weighted by atomic mass is 79.9. The first-order valence-electron chi connectivity index (χ1n) is 6.77. The topological polar surface area (TPSA) is 58.6 Å². The van der Waals surface area contributed by atoms with E-state index in [9.17, 15) is 4.79 Å². The van der Waals surface area contributed by atoms with Crippen LogP contribution in [0, 0.1) is 0 Å². The van der Waals surface area contributed by atoms with Crippen molar-refractivity contribution < 1.29 is 0 Å². The van der Waals surface area contributed by atoms with Crippen molar-refractivity contribution in [2.75, 3.05) is 0 Å². The summed E-state index contributed by atoms with van der Waals surface area (Å²) in [6.07, 6.45) is 0. The van der Waals surface area contributed by atoms with Crippen LogP contribution in [0.3, 0.4) is 0 Å². The number of fused-ring (bicyclic) bond motifs is 2. The largest absolute Gasteiger partial charge is 0.305 e. The molecule has 1 N–H and O–H groups in total. The van der Waals surface area contributed by atoms with E-state index in [1.54, 1.807) is 0 Å². The second-order valence-corrected chi connectivity index (χ2v) is 5.79. The number of halogens is 1. The second kappa shape index (κ2) is 5.03. The molecule has 2 aromatic heterocycles. The summed E-state index contributed by atoms with van der Waals surface area (Å²) in [6, 6.07) is 17.2. The summed E-state index contributed by atoms with van der Waals surface area (Å²) < 4.78 is 0.733. The van der Waals surface area contributed by atoms with Crippen LogP contribution in [0.25, 0.3) is 33.3 Å². The highest BCUT2D eigenvalue weighted by Crippen LogP contribution is 2.22. The van der Waals surface area contributed by atoms with Crippen molar-refractivity contribution >= 4 is 37.7 Å². The van der Waals surface area contributed by atoms with E-state index in [-0.39, 0.29) is 5.56 Å². The SMILES string of the molecule is O=c1[nH]c(-c2ccc3ccccc3n2)nc2cccc(Br)c12. The molecule has 0 saturated carbocycles. The monoisotopic (exact) mass is 351 g/mol. The average Bonchev–Trinajstić information content (AvgIpc) is 2.54. The first-order chi connectivity index (χ1) is 10.7. The van der Waals surface area contributed by atoms with Crippen LogP contribution < -0.4 is 5.56 Å². The number of rotatable bonds is 1. The molecule has 4 rings (SSSR count). The molecule has 0 fully saturated rings. The molecular formula is C17H10BrN3O. The lowest BCUT2D eigenvalue weighted by Crippen LogP contribution is -2.10. The van der Waals surface area contributed by atoms with E-state index in [4.69, 9.17) is 0 Å². The van der Waals surface area contributed by atoms with Gasteiger partial charge in [0, 0.05) is 9.86 Å². The zero-order valence-electron chi connectivity index (χ0n) is 11.4. The number of nitrogens with zero attached hydrogens (tertiary/aromatic N) is 2. The quantitative estimate of drug-likeness (QED) is 0.565. The molecule has 0 aliphatic heterocycles. The number of aromatic nitrogens is 3. The second-order valence-electron chi connectivity index (χ2n) is 4.94. The van der Waals surface area contributed by atoms with Crippen molar-refractivity contribution in [1.29, 1.82) is 0 Å². The summed E-state index contributed by atoms with van der Waals surface area (Å²) in [5.74, 6) is 0.473. The number of pyridine rings is 1. The van der Waals surface area contributed by atoms with Crippen LogP contribution >= 0.6 is 15.9 Å². The molecule has 0 radical (unpaired) electrons. The number of para-hydroxylation sites is 1. The lowest BCUT2D eigenvalue weighted by Gasteiger charge is -2.05. The van der Waals surface area contributed by atoms with Gasteiger partial charge < -0.3 is 4.98 Å². The third kappa shape index (κ3) is 2.10. The van der Waals surface area contributed by atoms with Crippen LogP contribution in [0.5, 0.6) is 0 Å². The molecule has 0 aliphatic carbocycles. The third-order valence-electron chi connectivity index (χ3n) is 3.52. The van der Waals surface area contributed by atoms with Gasteiger partial charge in [-0.15, -0.1) is 0 Å². The van der Waals surface area contributed by atoms with Crippen molar-refractivity contribution in [3.05, 3.63) is 69.4 Å². The standard InChI is InChI=1S/C17H10BrN3O/c18-11-5-3-7-13-15(11)17(22)21-16(20-13)14-9-8-10-4-1-2-6-12(10)19-14/h1-9H,(H,20,21,22). The minimum atomic E-state index is -0.178. The molecule has 0 amide bonds. The van der Waals surface area contributed by atoms with Gasteiger partial charge in [-0.3, -0.25) is 4.79 Å². The molecule has 0 bridgehead atoms. The van der Waals surface area contributed by atoms with Gasteiger partial charge in [0.25, 0.3) is 5.56 Å². The number of aromatic amines is 1. The van der Waals surface area contributed by atoms with Gasteiger partial charge >= 0.3 is 0 Å². The van der Waals surface area contributed by atoms with Gasteiger partial charge in [-0.1, -0.05) is 30.3 Å². The van der Waals surface area contributed by atoms with E-state index in [1.165, 1.54) is 0 Å².